The zero-order chi connectivity index (χ0) is 19.9. The Morgan fingerprint density at radius 2 is 2.00 bits per heavy atom. The zero-order valence-electron chi connectivity index (χ0n) is 16.1. The van der Waals surface area contributed by atoms with Gasteiger partial charge in [-0.25, -0.2) is 0 Å². The summed E-state index contributed by atoms with van der Waals surface area (Å²) in [5, 5.41) is 0.994. The van der Waals surface area contributed by atoms with Crippen molar-refractivity contribution >= 4 is 56.3 Å². The molecule has 3 rings (SSSR count). The molecule has 0 fully saturated rings. The molecule has 0 N–H and O–H groups in total. The molecule has 0 bridgehead atoms. The highest BCUT2D eigenvalue weighted by atomic mass is 79.9. The Balaban J connectivity index is 2.21. The van der Waals surface area contributed by atoms with E-state index < -0.39 is 8.07 Å². The molecule has 0 aliphatic heterocycles. The lowest BCUT2D eigenvalue weighted by molar-refractivity contribution is 0.0881. The van der Waals surface area contributed by atoms with Gasteiger partial charge in [-0.2, -0.15) is 4.39 Å². The van der Waals surface area contributed by atoms with Crippen molar-refractivity contribution in [3.8, 4) is 5.75 Å². The summed E-state index contributed by atoms with van der Waals surface area (Å²) in [4.78, 5) is 13.1. The third-order valence-electron chi connectivity index (χ3n) is 4.51. The summed E-state index contributed by atoms with van der Waals surface area (Å²) in [6.07, 6.45) is 0. The molecule has 4 nitrogen and oxygen atoms in total. The molecule has 0 saturated heterocycles. The van der Waals surface area contributed by atoms with Crippen molar-refractivity contribution in [2.75, 3.05) is 13.7 Å². The molecule has 0 saturated carbocycles. The average molecular weight is 472 g/mol. The Morgan fingerprint density at radius 3 is 2.63 bits per heavy atom. The van der Waals surface area contributed by atoms with Gasteiger partial charge >= 0.3 is 0 Å². The normalized spacial score (nSPS) is 12.3. The third-order valence-corrected chi connectivity index (χ3v) is 7.91. The van der Waals surface area contributed by atoms with Crippen molar-refractivity contribution in [1.82, 2.24) is 4.57 Å². The van der Waals surface area contributed by atoms with Crippen LogP contribution in [-0.2, 0) is 11.5 Å². The van der Waals surface area contributed by atoms with E-state index in [1.54, 1.807) is 11.7 Å². The van der Waals surface area contributed by atoms with Crippen molar-refractivity contribution in [2.24, 2.45) is 0 Å². The predicted molar refractivity (Wildman–Crippen MR) is 117 cm³/mol. The summed E-state index contributed by atoms with van der Waals surface area (Å²) in [7, 11) is 0.370. The molecule has 2 heterocycles. The maximum Gasteiger partial charge on any atom is 0.271 e. The van der Waals surface area contributed by atoms with Crippen LogP contribution in [-0.4, -0.2) is 26.4 Å². The maximum absolute atomic E-state index is 14.0. The van der Waals surface area contributed by atoms with Crippen molar-refractivity contribution in [3.05, 3.63) is 37.7 Å². The Morgan fingerprint density at radius 1 is 1.30 bits per heavy atom. The highest BCUT2D eigenvalue weighted by Crippen LogP contribution is 2.40. The Bertz CT molecular complexity index is 1070. The molecule has 0 aliphatic carbocycles. The Hall–Kier alpha value is -1.22. The molecule has 1 aromatic carbocycles. The molecule has 0 atom stereocenters. The summed E-state index contributed by atoms with van der Waals surface area (Å²) < 4.78 is 28.0. The van der Waals surface area contributed by atoms with Gasteiger partial charge in [0.1, 0.15) is 17.2 Å². The van der Waals surface area contributed by atoms with E-state index in [9.17, 15) is 9.18 Å². The summed E-state index contributed by atoms with van der Waals surface area (Å²) in [6, 6.07) is 4.31. The summed E-state index contributed by atoms with van der Waals surface area (Å²) >= 11 is 4.45. The van der Waals surface area contributed by atoms with Crippen molar-refractivity contribution in [1.29, 1.82) is 0 Å². The molecular weight excluding hydrogens is 449 g/mol. The van der Waals surface area contributed by atoms with E-state index in [0.29, 0.717) is 26.9 Å². The molecule has 0 spiro atoms. The molecule has 8 heteroatoms. The topological polar surface area (TPSA) is 40.5 Å². The number of aromatic nitrogens is 1. The first-order valence-electron chi connectivity index (χ1n) is 8.70. The Kier molecular flexibility index (Phi) is 5.81. The van der Waals surface area contributed by atoms with E-state index in [2.05, 4.69) is 35.6 Å². The first-order valence-corrected chi connectivity index (χ1v) is 14.0. The average Bonchev–Trinajstić information content (AvgIpc) is 2.97. The lowest BCUT2D eigenvalue weighted by Crippen LogP contribution is -2.25. The second-order valence-corrected chi connectivity index (χ2v) is 15.2. The minimum Gasteiger partial charge on any atom is -0.496 e. The van der Waals surface area contributed by atoms with Crippen LogP contribution in [0, 0.1) is 12.1 Å². The van der Waals surface area contributed by atoms with Gasteiger partial charge in [0.25, 0.3) is 5.56 Å². The van der Waals surface area contributed by atoms with E-state index in [4.69, 9.17) is 9.47 Å². The van der Waals surface area contributed by atoms with Crippen molar-refractivity contribution in [2.45, 2.75) is 39.3 Å². The van der Waals surface area contributed by atoms with Crippen molar-refractivity contribution in [3.63, 3.8) is 0 Å². The largest absolute Gasteiger partial charge is 0.496 e. The molecule has 0 radical (unpaired) electrons. The van der Waals surface area contributed by atoms with Crippen LogP contribution in [0.3, 0.4) is 0 Å². The summed E-state index contributed by atoms with van der Waals surface area (Å²) in [5.74, 6) is 0.651. The number of thiophene rings is 1. The number of nitrogens with zero attached hydrogens (tertiary/aromatic N) is 1. The van der Waals surface area contributed by atoms with Gasteiger partial charge in [-0.3, -0.25) is 9.36 Å². The SMILES string of the molecule is COc1cc(C)c2c(c1Br)c1cc(F)sc1c(=O)n2COCC[Si](C)(C)C. The van der Waals surface area contributed by atoms with Gasteiger partial charge in [-0.15, -0.1) is 11.3 Å². The van der Waals surface area contributed by atoms with Crippen LogP contribution < -0.4 is 10.3 Å². The predicted octanol–water partition coefficient (Wildman–Crippen LogP) is 5.75. The van der Waals surface area contributed by atoms with Gasteiger partial charge in [-0.1, -0.05) is 19.6 Å². The molecule has 3 aromatic rings. The van der Waals surface area contributed by atoms with Crippen LogP contribution in [0.1, 0.15) is 5.56 Å². The number of pyridine rings is 1. The van der Waals surface area contributed by atoms with Crippen LogP contribution in [0.15, 0.2) is 21.4 Å². The summed E-state index contributed by atoms with van der Waals surface area (Å²) in [6.45, 7) is 9.53. The lowest BCUT2D eigenvalue weighted by atomic mass is 10.1. The number of hydrogen-bond acceptors (Lipinski definition) is 4. The van der Waals surface area contributed by atoms with Crippen LogP contribution in [0.25, 0.3) is 21.0 Å². The molecule has 0 unspecified atom stereocenters. The van der Waals surface area contributed by atoms with E-state index in [0.717, 1.165) is 33.8 Å². The molecule has 146 valence electrons. The summed E-state index contributed by atoms with van der Waals surface area (Å²) in [5.41, 5.74) is 1.40. The maximum atomic E-state index is 14.0. The van der Waals surface area contributed by atoms with Gasteiger partial charge in [0.05, 0.1) is 17.1 Å². The Labute approximate surface area is 171 Å². The van der Waals surface area contributed by atoms with E-state index >= 15 is 0 Å². The zero-order valence-corrected chi connectivity index (χ0v) is 19.5. The molecule has 2 aromatic heterocycles. The first-order chi connectivity index (χ1) is 12.6. The number of rotatable bonds is 6. The second kappa shape index (κ2) is 7.65. The third kappa shape index (κ3) is 3.99. The number of hydrogen-bond donors (Lipinski definition) is 0. The monoisotopic (exact) mass is 471 g/mol. The fraction of sp³-hybridized carbons (Fsp3) is 0.421. The quantitative estimate of drug-likeness (QED) is 0.339. The molecule has 27 heavy (non-hydrogen) atoms. The van der Waals surface area contributed by atoms with Crippen LogP contribution in [0.5, 0.6) is 5.75 Å². The molecular formula is C19H23BrFNO3SSi. The first kappa shape index (κ1) is 20.5. The number of aryl methyl sites for hydroxylation is 1. The number of halogens is 2. The number of fused-ring (bicyclic) bond motifs is 3. The van der Waals surface area contributed by atoms with Gasteiger partial charge < -0.3 is 9.47 Å². The lowest BCUT2D eigenvalue weighted by Gasteiger charge is -2.18. The van der Waals surface area contributed by atoms with Gasteiger partial charge in [0.2, 0.25) is 0 Å². The molecule has 0 aliphatic rings. The van der Waals surface area contributed by atoms with Crippen molar-refractivity contribution < 1.29 is 13.9 Å². The minimum absolute atomic E-state index is 0.148. The van der Waals surface area contributed by atoms with E-state index in [1.807, 2.05) is 13.0 Å². The highest BCUT2D eigenvalue weighted by molar-refractivity contribution is 9.10. The van der Waals surface area contributed by atoms with Gasteiger partial charge in [0.15, 0.2) is 5.13 Å². The number of ether oxygens (including phenoxy) is 2. The number of methoxy groups -OCH3 is 1. The second-order valence-electron chi connectivity index (χ2n) is 7.81. The van der Waals surface area contributed by atoms with E-state index in [1.165, 1.54) is 6.07 Å². The van der Waals surface area contributed by atoms with Crippen LogP contribution in [0.2, 0.25) is 25.7 Å². The highest BCUT2D eigenvalue weighted by Gasteiger charge is 2.20. The van der Waals surface area contributed by atoms with Crippen LogP contribution >= 0.6 is 27.3 Å². The number of benzene rings is 1. The van der Waals surface area contributed by atoms with Gasteiger partial charge in [0, 0.05) is 25.5 Å². The van der Waals surface area contributed by atoms with Crippen LogP contribution in [0.4, 0.5) is 4.39 Å². The molecule has 0 amide bonds. The van der Waals surface area contributed by atoms with Gasteiger partial charge in [-0.05, 0) is 46.6 Å². The standard InChI is InChI=1S/C19H23BrFNO3SSi/c1-11-8-13(24-2)16(20)15-12-9-14(21)26-18(12)19(23)22(17(11)15)10-25-6-7-27(3,4)5/h8-9H,6-7,10H2,1-5H3. The minimum atomic E-state index is -1.22. The fourth-order valence-corrected chi connectivity index (χ4v) is 5.36. The van der Waals surface area contributed by atoms with E-state index in [-0.39, 0.29) is 17.4 Å². The smallest absolute Gasteiger partial charge is 0.271 e. The fourth-order valence-electron chi connectivity index (χ4n) is 3.08.